The number of benzene rings is 1. The summed E-state index contributed by atoms with van der Waals surface area (Å²) in [6.07, 6.45) is 1.17. The van der Waals surface area contributed by atoms with Crippen molar-refractivity contribution in [2.45, 2.75) is 0 Å². The second-order valence-electron chi connectivity index (χ2n) is 3.31. The van der Waals surface area contributed by atoms with E-state index < -0.39 is 11.8 Å². The average molecular weight is 236 g/mol. The summed E-state index contributed by atoms with van der Waals surface area (Å²) in [5, 5.41) is 15.1. The molecule has 6 heteroatoms. The molecule has 1 aromatic carbocycles. The van der Waals surface area contributed by atoms with Gasteiger partial charge in [0.25, 0.3) is 0 Å². The first kappa shape index (κ1) is 11.1. The fourth-order valence-electron chi connectivity index (χ4n) is 1.53. The average Bonchev–Trinajstić information content (AvgIpc) is 2.77. The maximum absolute atomic E-state index is 13.2. The van der Waals surface area contributed by atoms with E-state index in [1.165, 1.54) is 31.5 Å². The Bertz CT molecular complexity index is 566. The first-order valence-corrected chi connectivity index (χ1v) is 4.74. The van der Waals surface area contributed by atoms with Crippen molar-refractivity contribution in [3.63, 3.8) is 0 Å². The molecule has 2 aromatic rings. The number of H-pyrrole nitrogens is 1. The van der Waals surface area contributed by atoms with Crippen molar-refractivity contribution in [1.82, 2.24) is 10.2 Å². The molecule has 0 bridgehead atoms. The molecule has 0 unspecified atom stereocenters. The number of nitrogens with zero attached hydrogens (tertiary/aromatic N) is 1. The molecule has 0 amide bonds. The Morgan fingerprint density at radius 3 is 2.94 bits per heavy atom. The number of hydrogen-bond acceptors (Lipinski definition) is 3. The number of nitrogens with one attached hydrogen (secondary N) is 1. The number of carboxylic acid groups (broad SMARTS) is 1. The van der Waals surface area contributed by atoms with Crippen LogP contribution in [0, 0.1) is 5.82 Å². The maximum atomic E-state index is 13.2. The third-order valence-corrected chi connectivity index (χ3v) is 2.30. The summed E-state index contributed by atoms with van der Waals surface area (Å²) in [4.78, 5) is 10.9. The van der Waals surface area contributed by atoms with Gasteiger partial charge >= 0.3 is 5.97 Å². The SMILES string of the molecule is COc1ccc(F)cc1-c1[nH]ncc1C(=O)O. The molecule has 1 heterocycles. The van der Waals surface area contributed by atoms with Gasteiger partial charge in [-0.1, -0.05) is 0 Å². The number of rotatable bonds is 3. The molecule has 0 atom stereocenters. The zero-order valence-electron chi connectivity index (χ0n) is 8.90. The Morgan fingerprint density at radius 1 is 1.53 bits per heavy atom. The highest BCUT2D eigenvalue weighted by atomic mass is 19.1. The Morgan fingerprint density at radius 2 is 2.29 bits per heavy atom. The minimum atomic E-state index is -1.14. The molecule has 0 radical (unpaired) electrons. The first-order valence-electron chi connectivity index (χ1n) is 4.74. The van der Waals surface area contributed by atoms with E-state index in [2.05, 4.69) is 10.2 Å². The van der Waals surface area contributed by atoms with E-state index >= 15 is 0 Å². The Labute approximate surface area is 95.9 Å². The third kappa shape index (κ3) is 1.96. The number of carboxylic acids is 1. The van der Waals surface area contributed by atoms with Crippen molar-refractivity contribution < 1.29 is 19.0 Å². The van der Waals surface area contributed by atoms with Crippen molar-refractivity contribution in [2.24, 2.45) is 0 Å². The monoisotopic (exact) mass is 236 g/mol. The van der Waals surface area contributed by atoms with E-state index in [4.69, 9.17) is 9.84 Å². The van der Waals surface area contributed by atoms with Crippen LogP contribution in [0.5, 0.6) is 5.75 Å². The van der Waals surface area contributed by atoms with Crippen LogP contribution in [0.4, 0.5) is 4.39 Å². The summed E-state index contributed by atoms with van der Waals surface area (Å²) in [6.45, 7) is 0. The zero-order chi connectivity index (χ0) is 12.4. The number of carbonyl (C=O) groups is 1. The largest absolute Gasteiger partial charge is 0.496 e. The molecule has 0 aliphatic rings. The van der Waals surface area contributed by atoms with Gasteiger partial charge in [0.2, 0.25) is 0 Å². The predicted molar refractivity (Wildman–Crippen MR) is 57.5 cm³/mol. The normalized spacial score (nSPS) is 10.2. The molecule has 0 fully saturated rings. The lowest BCUT2D eigenvalue weighted by Crippen LogP contribution is -1.98. The minimum Gasteiger partial charge on any atom is -0.496 e. The van der Waals surface area contributed by atoms with Gasteiger partial charge in [0.05, 0.1) is 19.0 Å². The van der Waals surface area contributed by atoms with E-state index in [9.17, 15) is 9.18 Å². The lowest BCUT2D eigenvalue weighted by molar-refractivity contribution is 0.0698. The Kier molecular flexibility index (Phi) is 2.78. The fourth-order valence-corrected chi connectivity index (χ4v) is 1.53. The molecule has 1 aromatic heterocycles. The van der Waals surface area contributed by atoms with Crippen LogP contribution in [0.2, 0.25) is 0 Å². The van der Waals surface area contributed by atoms with E-state index in [0.29, 0.717) is 11.3 Å². The number of ether oxygens (including phenoxy) is 1. The first-order chi connectivity index (χ1) is 8.13. The maximum Gasteiger partial charge on any atom is 0.339 e. The summed E-state index contributed by atoms with van der Waals surface area (Å²) < 4.78 is 18.2. The summed E-state index contributed by atoms with van der Waals surface area (Å²) in [6, 6.07) is 3.86. The van der Waals surface area contributed by atoms with Gasteiger partial charge in [-0.3, -0.25) is 5.10 Å². The molecule has 88 valence electrons. The standard InChI is InChI=1S/C11H9FN2O3/c1-17-9-3-2-6(12)4-7(9)10-8(11(15)16)5-13-14-10/h2-5H,1H3,(H,13,14)(H,15,16). The molecule has 2 rings (SSSR count). The number of aromatic nitrogens is 2. The summed E-state index contributed by atoms with van der Waals surface area (Å²) >= 11 is 0. The van der Waals surface area contributed by atoms with Crippen LogP contribution in [-0.2, 0) is 0 Å². The minimum absolute atomic E-state index is 0.0334. The molecule has 0 aliphatic heterocycles. The summed E-state index contributed by atoms with van der Waals surface area (Å²) in [5.74, 6) is -1.25. The molecule has 0 saturated carbocycles. The molecule has 5 nitrogen and oxygen atoms in total. The Balaban J connectivity index is 2.63. The number of aromatic carboxylic acids is 1. The van der Waals surface area contributed by atoms with Crippen LogP contribution in [0.15, 0.2) is 24.4 Å². The highest BCUT2D eigenvalue weighted by Crippen LogP contribution is 2.31. The highest BCUT2D eigenvalue weighted by molar-refractivity contribution is 5.95. The smallest absolute Gasteiger partial charge is 0.339 e. The molecule has 0 spiro atoms. The van der Waals surface area contributed by atoms with Crippen molar-refractivity contribution in [1.29, 1.82) is 0 Å². The van der Waals surface area contributed by atoms with Gasteiger partial charge in [0.15, 0.2) is 0 Å². The van der Waals surface area contributed by atoms with Gasteiger partial charge in [-0.2, -0.15) is 5.10 Å². The van der Waals surface area contributed by atoms with Crippen LogP contribution in [0.3, 0.4) is 0 Å². The van der Waals surface area contributed by atoms with Crippen molar-refractivity contribution >= 4 is 5.97 Å². The van der Waals surface area contributed by atoms with E-state index in [1.54, 1.807) is 0 Å². The lowest BCUT2D eigenvalue weighted by atomic mass is 10.1. The number of aromatic amines is 1. The van der Waals surface area contributed by atoms with Gasteiger partial charge in [-0.25, -0.2) is 9.18 Å². The lowest BCUT2D eigenvalue weighted by Gasteiger charge is -2.07. The van der Waals surface area contributed by atoms with Gasteiger partial charge in [-0.15, -0.1) is 0 Å². The van der Waals surface area contributed by atoms with Crippen molar-refractivity contribution in [3.8, 4) is 17.0 Å². The second-order valence-corrected chi connectivity index (χ2v) is 3.31. The predicted octanol–water partition coefficient (Wildman–Crippen LogP) is 1.92. The van der Waals surface area contributed by atoms with Crippen molar-refractivity contribution in [2.75, 3.05) is 7.11 Å². The van der Waals surface area contributed by atoms with Crippen molar-refractivity contribution in [3.05, 3.63) is 35.8 Å². The molecule has 0 saturated heterocycles. The topological polar surface area (TPSA) is 75.2 Å². The summed E-state index contributed by atoms with van der Waals surface area (Å²) in [5.41, 5.74) is 0.505. The van der Waals surface area contributed by atoms with Crippen LogP contribution < -0.4 is 4.74 Å². The number of halogens is 1. The molecular weight excluding hydrogens is 227 g/mol. The molecule has 17 heavy (non-hydrogen) atoms. The fraction of sp³-hybridized carbons (Fsp3) is 0.0909. The van der Waals surface area contributed by atoms with Gasteiger partial charge < -0.3 is 9.84 Å². The van der Waals surface area contributed by atoms with Gasteiger partial charge in [0.1, 0.15) is 17.1 Å². The Hall–Kier alpha value is -2.37. The van der Waals surface area contributed by atoms with E-state index in [1.807, 2.05) is 0 Å². The number of hydrogen-bond donors (Lipinski definition) is 2. The van der Waals surface area contributed by atoms with E-state index in [0.717, 1.165) is 0 Å². The van der Waals surface area contributed by atoms with Crippen LogP contribution >= 0.6 is 0 Å². The number of methoxy groups -OCH3 is 1. The highest BCUT2D eigenvalue weighted by Gasteiger charge is 2.17. The molecular formula is C11H9FN2O3. The van der Waals surface area contributed by atoms with Crippen LogP contribution in [-0.4, -0.2) is 28.4 Å². The van der Waals surface area contributed by atoms with E-state index in [-0.39, 0.29) is 11.3 Å². The van der Waals surface area contributed by atoms with Gasteiger partial charge in [0, 0.05) is 5.56 Å². The van der Waals surface area contributed by atoms with Crippen LogP contribution in [0.1, 0.15) is 10.4 Å². The quantitative estimate of drug-likeness (QED) is 0.853. The molecule has 0 aliphatic carbocycles. The van der Waals surface area contributed by atoms with Gasteiger partial charge in [-0.05, 0) is 18.2 Å². The van der Waals surface area contributed by atoms with Crippen LogP contribution in [0.25, 0.3) is 11.3 Å². The molecule has 2 N–H and O–H groups in total. The zero-order valence-corrected chi connectivity index (χ0v) is 8.90. The second kappa shape index (κ2) is 4.25. The third-order valence-electron chi connectivity index (χ3n) is 2.30. The summed E-state index contributed by atoms with van der Waals surface area (Å²) in [7, 11) is 1.42.